The summed E-state index contributed by atoms with van der Waals surface area (Å²) in [5.74, 6) is 1.92. The van der Waals surface area contributed by atoms with Gasteiger partial charge in [-0.2, -0.15) is 0 Å². The molecule has 2 aliphatic rings. The summed E-state index contributed by atoms with van der Waals surface area (Å²) < 4.78 is 0. The Morgan fingerprint density at radius 3 is 2.53 bits per heavy atom. The van der Waals surface area contributed by atoms with E-state index in [1.807, 2.05) is 0 Å². The fraction of sp³-hybridized carbons (Fsp3) is 1.00. The van der Waals surface area contributed by atoms with Crippen molar-refractivity contribution in [1.29, 1.82) is 0 Å². The van der Waals surface area contributed by atoms with E-state index in [1.54, 1.807) is 0 Å². The Kier molecular flexibility index (Phi) is 4.04. The number of nitrogens with one attached hydrogen (secondary N) is 1. The lowest BCUT2D eigenvalue weighted by atomic mass is 9.94. The van der Waals surface area contributed by atoms with Crippen molar-refractivity contribution < 1.29 is 0 Å². The molecule has 0 aliphatic carbocycles. The van der Waals surface area contributed by atoms with Crippen molar-refractivity contribution >= 4 is 0 Å². The predicted octanol–water partition coefficient (Wildman–Crippen LogP) is 2.11. The van der Waals surface area contributed by atoms with Crippen molar-refractivity contribution in [2.24, 2.45) is 11.8 Å². The Morgan fingerprint density at radius 1 is 1.20 bits per heavy atom. The molecular weight excluding hydrogens is 184 g/mol. The molecule has 15 heavy (non-hydrogen) atoms. The average Bonchev–Trinajstić information content (AvgIpc) is 2.56. The number of piperidine rings is 1. The van der Waals surface area contributed by atoms with E-state index in [0.717, 1.165) is 17.9 Å². The summed E-state index contributed by atoms with van der Waals surface area (Å²) in [5.41, 5.74) is 0. The van der Waals surface area contributed by atoms with Gasteiger partial charge in [-0.05, 0) is 64.1 Å². The maximum atomic E-state index is 3.44. The van der Waals surface area contributed by atoms with Crippen LogP contribution < -0.4 is 5.32 Å². The van der Waals surface area contributed by atoms with Gasteiger partial charge in [-0.25, -0.2) is 0 Å². The van der Waals surface area contributed by atoms with E-state index in [2.05, 4.69) is 24.1 Å². The van der Waals surface area contributed by atoms with Crippen molar-refractivity contribution in [3.63, 3.8) is 0 Å². The molecule has 2 unspecified atom stereocenters. The fourth-order valence-electron chi connectivity index (χ4n) is 3.22. The first-order chi connectivity index (χ1) is 7.25. The summed E-state index contributed by atoms with van der Waals surface area (Å²) >= 11 is 0. The summed E-state index contributed by atoms with van der Waals surface area (Å²) in [7, 11) is 0. The van der Waals surface area contributed by atoms with E-state index < -0.39 is 0 Å². The SMILES string of the molecule is CC1CC(C)N(CCC2CCNCC2)C1. The quantitative estimate of drug-likeness (QED) is 0.767. The van der Waals surface area contributed by atoms with E-state index in [-0.39, 0.29) is 0 Å². The van der Waals surface area contributed by atoms with Gasteiger partial charge < -0.3 is 10.2 Å². The molecule has 1 N–H and O–H groups in total. The third-order valence-corrected chi connectivity index (χ3v) is 4.20. The van der Waals surface area contributed by atoms with Gasteiger partial charge in [-0.1, -0.05) is 6.92 Å². The molecule has 0 spiro atoms. The lowest BCUT2D eigenvalue weighted by Crippen LogP contribution is -2.33. The molecule has 0 bridgehead atoms. The van der Waals surface area contributed by atoms with Crippen LogP contribution in [0, 0.1) is 11.8 Å². The zero-order valence-corrected chi connectivity index (χ0v) is 10.3. The zero-order valence-electron chi connectivity index (χ0n) is 10.3. The normalized spacial score (nSPS) is 34.8. The number of nitrogens with zero attached hydrogens (tertiary/aromatic N) is 1. The number of likely N-dealkylation sites (tertiary alicyclic amines) is 1. The van der Waals surface area contributed by atoms with Crippen molar-refractivity contribution in [3.05, 3.63) is 0 Å². The van der Waals surface area contributed by atoms with E-state index in [9.17, 15) is 0 Å². The molecular formula is C13H26N2. The van der Waals surface area contributed by atoms with Crippen LogP contribution in [0.25, 0.3) is 0 Å². The first-order valence-electron chi connectivity index (χ1n) is 6.70. The van der Waals surface area contributed by atoms with Crippen molar-refractivity contribution in [1.82, 2.24) is 10.2 Å². The summed E-state index contributed by atoms with van der Waals surface area (Å²) in [6, 6.07) is 0.835. The number of rotatable bonds is 3. The molecule has 2 saturated heterocycles. The van der Waals surface area contributed by atoms with Gasteiger partial charge >= 0.3 is 0 Å². The molecule has 2 heterocycles. The molecule has 2 rings (SSSR count). The first kappa shape index (κ1) is 11.4. The molecule has 88 valence electrons. The second kappa shape index (κ2) is 5.31. The third-order valence-electron chi connectivity index (χ3n) is 4.20. The van der Waals surface area contributed by atoms with Crippen LogP contribution in [0.15, 0.2) is 0 Å². The zero-order chi connectivity index (χ0) is 10.7. The van der Waals surface area contributed by atoms with Crippen LogP contribution in [0.5, 0.6) is 0 Å². The van der Waals surface area contributed by atoms with Crippen LogP contribution in [-0.2, 0) is 0 Å². The molecule has 2 heteroatoms. The minimum Gasteiger partial charge on any atom is -0.317 e. The summed E-state index contributed by atoms with van der Waals surface area (Å²) in [6.45, 7) is 9.96. The van der Waals surface area contributed by atoms with E-state index in [1.165, 1.54) is 51.9 Å². The lowest BCUT2D eigenvalue weighted by Gasteiger charge is -2.27. The van der Waals surface area contributed by atoms with Gasteiger partial charge in [0.2, 0.25) is 0 Å². The highest BCUT2D eigenvalue weighted by atomic mass is 15.2. The van der Waals surface area contributed by atoms with Gasteiger partial charge in [0.15, 0.2) is 0 Å². The van der Waals surface area contributed by atoms with Crippen LogP contribution in [-0.4, -0.2) is 37.1 Å². The van der Waals surface area contributed by atoms with E-state index >= 15 is 0 Å². The molecule has 2 fully saturated rings. The van der Waals surface area contributed by atoms with Crippen LogP contribution in [0.3, 0.4) is 0 Å². The summed E-state index contributed by atoms with van der Waals surface area (Å²) in [4.78, 5) is 2.70. The highest BCUT2D eigenvalue weighted by molar-refractivity contribution is 4.81. The monoisotopic (exact) mass is 210 g/mol. The Balaban J connectivity index is 1.68. The third kappa shape index (κ3) is 3.18. The van der Waals surface area contributed by atoms with Crippen LogP contribution in [0.2, 0.25) is 0 Å². The average molecular weight is 210 g/mol. The maximum absolute atomic E-state index is 3.44. The van der Waals surface area contributed by atoms with Gasteiger partial charge in [0.25, 0.3) is 0 Å². The predicted molar refractivity (Wildman–Crippen MR) is 65.0 cm³/mol. The van der Waals surface area contributed by atoms with Crippen molar-refractivity contribution in [2.45, 2.75) is 45.6 Å². The standard InChI is InChI=1S/C13H26N2/c1-11-9-12(2)15(10-11)8-5-13-3-6-14-7-4-13/h11-14H,3-10H2,1-2H3. The maximum Gasteiger partial charge on any atom is 0.00700 e. The Bertz CT molecular complexity index is 187. The van der Waals surface area contributed by atoms with Crippen LogP contribution >= 0.6 is 0 Å². The molecule has 0 saturated carbocycles. The molecule has 2 aliphatic heterocycles. The highest BCUT2D eigenvalue weighted by Gasteiger charge is 2.26. The van der Waals surface area contributed by atoms with Gasteiger partial charge in [-0.3, -0.25) is 0 Å². The summed E-state index contributed by atoms with van der Waals surface area (Å²) in [5, 5.41) is 3.44. The number of hydrogen-bond acceptors (Lipinski definition) is 2. The van der Waals surface area contributed by atoms with Crippen LogP contribution in [0.4, 0.5) is 0 Å². The second-order valence-corrected chi connectivity index (χ2v) is 5.67. The lowest BCUT2D eigenvalue weighted by molar-refractivity contribution is 0.228. The largest absolute Gasteiger partial charge is 0.317 e. The van der Waals surface area contributed by atoms with Crippen LogP contribution in [0.1, 0.15) is 39.5 Å². The highest BCUT2D eigenvalue weighted by Crippen LogP contribution is 2.24. The Morgan fingerprint density at radius 2 is 1.93 bits per heavy atom. The fourth-order valence-corrected chi connectivity index (χ4v) is 3.22. The van der Waals surface area contributed by atoms with Crippen molar-refractivity contribution in [2.75, 3.05) is 26.2 Å². The second-order valence-electron chi connectivity index (χ2n) is 5.67. The molecule has 0 aromatic heterocycles. The molecule has 0 aromatic carbocycles. The topological polar surface area (TPSA) is 15.3 Å². The smallest absolute Gasteiger partial charge is 0.00700 e. The van der Waals surface area contributed by atoms with Gasteiger partial charge in [0, 0.05) is 12.6 Å². The molecule has 2 atom stereocenters. The molecule has 0 amide bonds. The molecule has 0 radical (unpaired) electrons. The molecule has 0 aromatic rings. The minimum atomic E-state index is 0.835. The van der Waals surface area contributed by atoms with Gasteiger partial charge in [0.1, 0.15) is 0 Å². The van der Waals surface area contributed by atoms with Gasteiger partial charge in [0.05, 0.1) is 0 Å². The summed E-state index contributed by atoms with van der Waals surface area (Å²) in [6.07, 6.45) is 5.64. The van der Waals surface area contributed by atoms with E-state index in [4.69, 9.17) is 0 Å². The number of hydrogen-bond donors (Lipinski definition) is 1. The Hall–Kier alpha value is -0.0800. The first-order valence-corrected chi connectivity index (χ1v) is 6.70. The Labute approximate surface area is 94.4 Å². The van der Waals surface area contributed by atoms with E-state index in [0.29, 0.717) is 0 Å². The van der Waals surface area contributed by atoms with Crippen molar-refractivity contribution in [3.8, 4) is 0 Å². The minimum absolute atomic E-state index is 0.835. The molecule has 2 nitrogen and oxygen atoms in total. The van der Waals surface area contributed by atoms with Gasteiger partial charge in [-0.15, -0.1) is 0 Å².